The molecular formula is C10H16N4O. The summed E-state index contributed by atoms with van der Waals surface area (Å²) < 4.78 is 0. The second-order valence-electron chi connectivity index (χ2n) is 3.75. The zero-order valence-corrected chi connectivity index (χ0v) is 9.10. The Morgan fingerprint density at radius 2 is 1.80 bits per heavy atom. The highest BCUT2D eigenvalue weighted by Gasteiger charge is 2.21. The van der Waals surface area contributed by atoms with Crippen LogP contribution in [0, 0.1) is 28.6 Å². The van der Waals surface area contributed by atoms with Gasteiger partial charge in [-0.1, -0.05) is 13.8 Å². The molecule has 82 valence electrons. The Morgan fingerprint density at radius 3 is 2.13 bits per heavy atom. The number of hydrogen-bond acceptors (Lipinski definition) is 4. The maximum absolute atomic E-state index is 11.7. The minimum Gasteiger partial charge on any atom is -0.320 e. The molecule has 0 fully saturated rings. The third-order valence-electron chi connectivity index (χ3n) is 1.88. The van der Waals surface area contributed by atoms with Crippen molar-refractivity contribution in [3.05, 3.63) is 0 Å². The van der Waals surface area contributed by atoms with E-state index in [0.29, 0.717) is 12.3 Å². The zero-order chi connectivity index (χ0) is 11.8. The predicted molar refractivity (Wildman–Crippen MR) is 55.2 cm³/mol. The van der Waals surface area contributed by atoms with E-state index in [9.17, 15) is 4.79 Å². The van der Waals surface area contributed by atoms with Gasteiger partial charge in [-0.15, -0.1) is 0 Å². The van der Waals surface area contributed by atoms with Crippen molar-refractivity contribution in [1.82, 2.24) is 4.90 Å². The zero-order valence-electron chi connectivity index (χ0n) is 9.10. The van der Waals surface area contributed by atoms with Crippen molar-refractivity contribution in [3.8, 4) is 12.1 Å². The Balaban J connectivity index is 4.37. The van der Waals surface area contributed by atoms with Gasteiger partial charge < -0.3 is 10.6 Å². The molecule has 2 N–H and O–H groups in total. The molecule has 0 aliphatic heterocycles. The Labute approximate surface area is 90.1 Å². The van der Waals surface area contributed by atoms with Gasteiger partial charge in [-0.2, -0.15) is 10.5 Å². The summed E-state index contributed by atoms with van der Waals surface area (Å²) in [6.45, 7) is 3.76. The van der Waals surface area contributed by atoms with Gasteiger partial charge in [-0.05, 0) is 12.3 Å². The molecule has 0 aliphatic rings. The van der Waals surface area contributed by atoms with Crippen molar-refractivity contribution >= 4 is 5.91 Å². The lowest BCUT2D eigenvalue weighted by atomic mass is 10.0. The molecule has 0 aromatic heterocycles. The highest BCUT2D eigenvalue weighted by atomic mass is 16.2. The molecule has 0 radical (unpaired) electrons. The highest BCUT2D eigenvalue weighted by molar-refractivity contribution is 5.82. The maximum Gasteiger partial charge on any atom is 0.241 e. The van der Waals surface area contributed by atoms with Crippen molar-refractivity contribution in [2.45, 2.75) is 26.3 Å². The van der Waals surface area contributed by atoms with Gasteiger partial charge in [0.15, 0.2) is 0 Å². The monoisotopic (exact) mass is 208 g/mol. The van der Waals surface area contributed by atoms with Gasteiger partial charge in [-0.3, -0.25) is 4.79 Å². The molecule has 5 nitrogen and oxygen atoms in total. The number of nitrogens with two attached hydrogens (primary N) is 1. The van der Waals surface area contributed by atoms with Gasteiger partial charge in [0.1, 0.15) is 13.1 Å². The molecule has 0 aromatic rings. The van der Waals surface area contributed by atoms with E-state index < -0.39 is 6.04 Å². The lowest BCUT2D eigenvalue weighted by Gasteiger charge is -2.21. The van der Waals surface area contributed by atoms with Crippen LogP contribution in [0.4, 0.5) is 0 Å². The van der Waals surface area contributed by atoms with E-state index >= 15 is 0 Å². The van der Waals surface area contributed by atoms with Crippen LogP contribution >= 0.6 is 0 Å². The highest BCUT2D eigenvalue weighted by Crippen LogP contribution is 2.05. The average Bonchev–Trinajstić information content (AvgIpc) is 2.15. The first kappa shape index (κ1) is 13.4. The molecule has 1 amide bonds. The quantitative estimate of drug-likeness (QED) is 0.654. The van der Waals surface area contributed by atoms with Gasteiger partial charge >= 0.3 is 0 Å². The summed E-state index contributed by atoms with van der Waals surface area (Å²) in [5.74, 6) is -0.0122. The second-order valence-corrected chi connectivity index (χ2v) is 3.75. The van der Waals surface area contributed by atoms with Crippen LogP contribution in [0.2, 0.25) is 0 Å². The first-order valence-electron chi connectivity index (χ1n) is 4.81. The molecule has 0 rings (SSSR count). The number of hydrogen-bond donors (Lipinski definition) is 1. The van der Waals surface area contributed by atoms with E-state index in [-0.39, 0.29) is 19.0 Å². The Hall–Kier alpha value is -1.59. The summed E-state index contributed by atoms with van der Waals surface area (Å²) in [5, 5.41) is 17.0. The topological polar surface area (TPSA) is 93.9 Å². The second kappa shape index (κ2) is 6.80. The summed E-state index contributed by atoms with van der Waals surface area (Å²) >= 11 is 0. The maximum atomic E-state index is 11.7. The van der Waals surface area contributed by atoms with Crippen molar-refractivity contribution in [2.24, 2.45) is 11.7 Å². The molecule has 0 saturated carbocycles. The third kappa shape index (κ3) is 4.99. The molecule has 0 unspecified atom stereocenters. The van der Waals surface area contributed by atoms with E-state index in [0.717, 1.165) is 0 Å². The van der Waals surface area contributed by atoms with Crippen LogP contribution in [0.25, 0.3) is 0 Å². The molecule has 15 heavy (non-hydrogen) atoms. The van der Waals surface area contributed by atoms with Crippen LogP contribution in [0.5, 0.6) is 0 Å². The third-order valence-corrected chi connectivity index (χ3v) is 1.88. The van der Waals surface area contributed by atoms with Crippen molar-refractivity contribution in [1.29, 1.82) is 10.5 Å². The van der Waals surface area contributed by atoms with E-state index in [1.54, 1.807) is 0 Å². The molecule has 0 heterocycles. The van der Waals surface area contributed by atoms with Crippen LogP contribution in [-0.2, 0) is 4.79 Å². The number of carbonyl (C=O) groups is 1. The Bertz CT molecular complexity index is 271. The van der Waals surface area contributed by atoms with E-state index in [1.807, 2.05) is 26.0 Å². The van der Waals surface area contributed by atoms with E-state index in [1.165, 1.54) is 4.90 Å². The van der Waals surface area contributed by atoms with Crippen molar-refractivity contribution in [3.63, 3.8) is 0 Å². The number of carbonyl (C=O) groups excluding carboxylic acids is 1. The van der Waals surface area contributed by atoms with E-state index in [4.69, 9.17) is 16.3 Å². The number of nitrogens with zero attached hydrogens (tertiary/aromatic N) is 3. The van der Waals surface area contributed by atoms with Crippen LogP contribution in [0.1, 0.15) is 20.3 Å². The normalized spacial score (nSPS) is 11.6. The van der Waals surface area contributed by atoms with Crippen LogP contribution in [-0.4, -0.2) is 29.9 Å². The van der Waals surface area contributed by atoms with Crippen LogP contribution in [0.15, 0.2) is 0 Å². The molecule has 0 aliphatic carbocycles. The largest absolute Gasteiger partial charge is 0.320 e. The molecule has 0 bridgehead atoms. The molecule has 5 heteroatoms. The fraction of sp³-hybridized carbons (Fsp3) is 0.700. The average molecular weight is 208 g/mol. The van der Waals surface area contributed by atoms with Gasteiger partial charge in [0.25, 0.3) is 0 Å². The van der Waals surface area contributed by atoms with Crippen molar-refractivity contribution < 1.29 is 4.79 Å². The predicted octanol–water partition coefficient (Wildman–Crippen LogP) is 0.236. The molecule has 0 saturated heterocycles. The Kier molecular flexibility index (Phi) is 6.08. The molecule has 0 spiro atoms. The van der Waals surface area contributed by atoms with E-state index in [2.05, 4.69) is 0 Å². The number of rotatable bonds is 5. The lowest BCUT2D eigenvalue weighted by Crippen LogP contribution is -2.44. The number of nitriles is 2. The van der Waals surface area contributed by atoms with Gasteiger partial charge in [0, 0.05) is 0 Å². The fourth-order valence-corrected chi connectivity index (χ4v) is 1.23. The molecule has 0 aromatic carbocycles. The summed E-state index contributed by atoms with van der Waals surface area (Å²) in [7, 11) is 0. The minimum atomic E-state index is -0.619. The van der Waals surface area contributed by atoms with Crippen molar-refractivity contribution in [2.75, 3.05) is 13.1 Å². The van der Waals surface area contributed by atoms with Gasteiger partial charge in [0.2, 0.25) is 5.91 Å². The minimum absolute atomic E-state index is 0.0851. The van der Waals surface area contributed by atoms with Gasteiger partial charge in [0.05, 0.1) is 18.2 Å². The smallest absolute Gasteiger partial charge is 0.241 e. The van der Waals surface area contributed by atoms with Crippen LogP contribution < -0.4 is 5.73 Å². The SMILES string of the molecule is CC(C)C[C@@H](N)C(=O)N(CC#N)CC#N. The first-order valence-corrected chi connectivity index (χ1v) is 4.81. The summed E-state index contributed by atoms with van der Waals surface area (Å²) in [4.78, 5) is 12.8. The summed E-state index contributed by atoms with van der Waals surface area (Å²) in [5.41, 5.74) is 5.67. The standard InChI is InChI=1S/C10H16N4O/c1-8(2)7-9(13)10(15)14(5-3-11)6-4-12/h8-9H,5-7,13H2,1-2H3/t9-/m1/s1. The molecule has 1 atom stereocenters. The van der Waals surface area contributed by atoms with Crippen LogP contribution in [0.3, 0.4) is 0 Å². The fourth-order valence-electron chi connectivity index (χ4n) is 1.23. The van der Waals surface area contributed by atoms with Gasteiger partial charge in [-0.25, -0.2) is 0 Å². The number of amides is 1. The lowest BCUT2D eigenvalue weighted by molar-refractivity contribution is -0.131. The summed E-state index contributed by atoms with van der Waals surface area (Å²) in [6, 6.07) is 3.06. The Morgan fingerprint density at radius 1 is 1.33 bits per heavy atom. The first-order chi connectivity index (χ1) is 7.02. The summed E-state index contributed by atoms with van der Waals surface area (Å²) in [6.07, 6.45) is 0.562. The molecular weight excluding hydrogens is 192 g/mol.